The second-order valence-electron chi connectivity index (χ2n) is 2.06. The predicted molar refractivity (Wildman–Crippen MR) is 45.7 cm³/mol. The van der Waals surface area contributed by atoms with Crippen molar-refractivity contribution in [2.75, 3.05) is 0 Å². The molecule has 0 bridgehead atoms. The van der Waals surface area contributed by atoms with Crippen LogP contribution in [0.1, 0.15) is 47.0 Å². The van der Waals surface area contributed by atoms with Crippen LogP contribution in [0.5, 0.6) is 0 Å². The summed E-state index contributed by atoms with van der Waals surface area (Å²) in [7, 11) is 0. The Morgan fingerprint density at radius 1 is 1.22 bits per heavy atom. The summed E-state index contributed by atoms with van der Waals surface area (Å²) >= 11 is 0. The molecule has 0 aliphatic rings. The number of hydrogen-bond acceptors (Lipinski definition) is 0. The molecule has 0 atom stereocenters. The first-order chi connectivity index (χ1) is 3.91. The molecule has 0 radical (unpaired) electrons. The zero-order valence-corrected chi connectivity index (χ0v) is 5.98. The second kappa shape index (κ2) is 10.7. The molecule has 0 heterocycles. The molecule has 0 unspecified atom stereocenters. The molecule has 0 spiro atoms. The number of hydrogen-bond donors (Lipinski definition) is 0. The van der Waals surface area contributed by atoms with Crippen molar-refractivity contribution in [1.82, 2.24) is 0 Å². The van der Waals surface area contributed by atoms with Gasteiger partial charge in [-0.25, -0.2) is 0 Å². The van der Waals surface area contributed by atoms with Crippen molar-refractivity contribution < 1.29 is 0 Å². The fourth-order valence-corrected chi connectivity index (χ4v) is 0.679. The molecule has 0 aromatic carbocycles. The Labute approximate surface area is 60.0 Å². The van der Waals surface area contributed by atoms with Crippen molar-refractivity contribution in [1.29, 1.82) is 0 Å². The van der Waals surface area contributed by atoms with E-state index in [2.05, 4.69) is 26.0 Å². The van der Waals surface area contributed by atoms with Gasteiger partial charge in [0, 0.05) is 0 Å². The lowest BCUT2D eigenvalue weighted by atomic mass is 10.2. The summed E-state index contributed by atoms with van der Waals surface area (Å²) in [5.41, 5.74) is 0. The zero-order valence-electron chi connectivity index (χ0n) is 5.98. The highest BCUT2D eigenvalue weighted by Gasteiger charge is 1.78. The molecule has 0 nitrogen and oxygen atoms in total. The Balaban J connectivity index is 0. The molecule has 0 saturated heterocycles. The molecule has 0 heteroatoms. The molecule has 0 aromatic heterocycles. The van der Waals surface area contributed by atoms with E-state index in [0.29, 0.717) is 0 Å². The van der Waals surface area contributed by atoms with Gasteiger partial charge in [0.1, 0.15) is 0 Å². The van der Waals surface area contributed by atoms with E-state index in [1.54, 1.807) is 0 Å². The Hall–Kier alpha value is -0.260. The Morgan fingerprint density at radius 2 is 1.89 bits per heavy atom. The van der Waals surface area contributed by atoms with Crippen LogP contribution in [0.2, 0.25) is 0 Å². The van der Waals surface area contributed by atoms with E-state index >= 15 is 0 Å². The van der Waals surface area contributed by atoms with Gasteiger partial charge in [-0.05, 0) is 19.8 Å². The quantitative estimate of drug-likeness (QED) is 0.399. The fraction of sp³-hybridized carbons (Fsp3) is 0.778. The molecule has 0 aliphatic carbocycles. The smallest absolute Gasteiger partial charge is 0.0351 e. The molecule has 56 valence electrons. The molecular weight excluding hydrogens is 108 g/mol. The van der Waals surface area contributed by atoms with E-state index in [-0.39, 0.29) is 7.43 Å². The van der Waals surface area contributed by atoms with Crippen molar-refractivity contribution >= 4 is 0 Å². The van der Waals surface area contributed by atoms with Crippen LogP contribution in [0.3, 0.4) is 0 Å². The van der Waals surface area contributed by atoms with Gasteiger partial charge in [-0.1, -0.05) is 39.3 Å². The van der Waals surface area contributed by atoms with E-state index in [1.807, 2.05) is 0 Å². The van der Waals surface area contributed by atoms with E-state index < -0.39 is 0 Å². The zero-order chi connectivity index (χ0) is 6.24. The average molecular weight is 128 g/mol. The third-order valence-corrected chi connectivity index (χ3v) is 1.21. The van der Waals surface area contributed by atoms with Gasteiger partial charge in [0.15, 0.2) is 0 Å². The SMILES string of the molecule is C.CC=CCCCCC. The highest BCUT2D eigenvalue weighted by atomic mass is 13.8. The molecule has 9 heavy (non-hydrogen) atoms. The summed E-state index contributed by atoms with van der Waals surface area (Å²) in [6, 6.07) is 0. The summed E-state index contributed by atoms with van der Waals surface area (Å²) in [4.78, 5) is 0. The minimum Gasteiger partial charge on any atom is -0.0917 e. The van der Waals surface area contributed by atoms with Crippen LogP contribution in [0.15, 0.2) is 12.2 Å². The number of rotatable bonds is 4. The van der Waals surface area contributed by atoms with Gasteiger partial charge in [-0.3, -0.25) is 0 Å². The lowest BCUT2D eigenvalue weighted by Gasteiger charge is -1.88. The highest BCUT2D eigenvalue weighted by Crippen LogP contribution is 1.98. The monoisotopic (exact) mass is 128 g/mol. The normalized spacial score (nSPS) is 9.56. The second-order valence-corrected chi connectivity index (χ2v) is 2.06. The fourth-order valence-electron chi connectivity index (χ4n) is 0.679. The molecule has 0 fully saturated rings. The van der Waals surface area contributed by atoms with Gasteiger partial charge in [0.25, 0.3) is 0 Å². The molecule has 0 amide bonds. The minimum atomic E-state index is 0. The lowest BCUT2D eigenvalue weighted by molar-refractivity contribution is 0.729. The van der Waals surface area contributed by atoms with Crippen LogP contribution >= 0.6 is 0 Å². The minimum absolute atomic E-state index is 0. The third kappa shape index (κ3) is 11.4. The van der Waals surface area contributed by atoms with Gasteiger partial charge >= 0.3 is 0 Å². The maximum absolute atomic E-state index is 2.23. The predicted octanol–water partition coefficient (Wildman–Crippen LogP) is 3.78. The molecular formula is C9H20. The summed E-state index contributed by atoms with van der Waals surface area (Å²) in [6.45, 7) is 4.31. The summed E-state index contributed by atoms with van der Waals surface area (Å²) in [5.74, 6) is 0. The van der Waals surface area contributed by atoms with Gasteiger partial charge < -0.3 is 0 Å². The molecule has 0 aromatic rings. The van der Waals surface area contributed by atoms with Crippen LogP contribution in [0, 0.1) is 0 Å². The molecule has 0 saturated carbocycles. The van der Waals surface area contributed by atoms with Gasteiger partial charge in [0.2, 0.25) is 0 Å². The van der Waals surface area contributed by atoms with Gasteiger partial charge in [-0.2, -0.15) is 0 Å². The van der Waals surface area contributed by atoms with Crippen molar-refractivity contribution in [3.63, 3.8) is 0 Å². The van der Waals surface area contributed by atoms with E-state index in [0.717, 1.165) is 0 Å². The Kier molecular flexibility index (Phi) is 13.7. The van der Waals surface area contributed by atoms with Gasteiger partial charge in [-0.15, -0.1) is 0 Å². The molecule has 0 N–H and O–H groups in total. The van der Waals surface area contributed by atoms with E-state index in [9.17, 15) is 0 Å². The van der Waals surface area contributed by atoms with Crippen molar-refractivity contribution in [2.45, 2.75) is 47.0 Å². The van der Waals surface area contributed by atoms with Crippen LogP contribution < -0.4 is 0 Å². The maximum atomic E-state index is 2.23. The van der Waals surface area contributed by atoms with Crippen molar-refractivity contribution in [2.24, 2.45) is 0 Å². The summed E-state index contributed by atoms with van der Waals surface area (Å²) < 4.78 is 0. The first-order valence-electron chi connectivity index (χ1n) is 3.53. The summed E-state index contributed by atoms with van der Waals surface area (Å²) in [5, 5.41) is 0. The lowest BCUT2D eigenvalue weighted by Crippen LogP contribution is -1.68. The van der Waals surface area contributed by atoms with Crippen LogP contribution in [0.4, 0.5) is 0 Å². The van der Waals surface area contributed by atoms with Crippen molar-refractivity contribution in [3.05, 3.63) is 12.2 Å². The van der Waals surface area contributed by atoms with Gasteiger partial charge in [0.05, 0.1) is 0 Å². The topological polar surface area (TPSA) is 0 Å². The standard InChI is InChI=1S/C8H16.CH4/c1-3-5-7-8-6-4-2;/h3,5H,4,6-8H2,1-2H3;1H4. The van der Waals surface area contributed by atoms with E-state index in [1.165, 1.54) is 25.7 Å². The Bertz CT molecular complexity index is 53.1. The largest absolute Gasteiger partial charge is 0.0917 e. The summed E-state index contributed by atoms with van der Waals surface area (Å²) in [6.07, 6.45) is 9.69. The molecule has 0 rings (SSSR count). The Morgan fingerprint density at radius 3 is 2.33 bits per heavy atom. The number of allylic oxidation sites excluding steroid dienone is 2. The average Bonchev–Trinajstić information content (AvgIpc) is 1.81. The highest BCUT2D eigenvalue weighted by molar-refractivity contribution is 4.75. The van der Waals surface area contributed by atoms with Crippen LogP contribution in [-0.2, 0) is 0 Å². The first-order valence-corrected chi connectivity index (χ1v) is 3.53. The maximum Gasteiger partial charge on any atom is -0.0351 e. The molecule has 0 aliphatic heterocycles. The van der Waals surface area contributed by atoms with E-state index in [4.69, 9.17) is 0 Å². The number of unbranched alkanes of at least 4 members (excludes halogenated alkanes) is 3. The van der Waals surface area contributed by atoms with Crippen LogP contribution in [0.25, 0.3) is 0 Å². The van der Waals surface area contributed by atoms with Crippen molar-refractivity contribution in [3.8, 4) is 0 Å². The third-order valence-electron chi connectivity index (χ3n) is 1.21. The first kappa shape index (κ1) is 11.5. The van der Waals surface area contributed by atoms with Crippen LogP contribution in [-0.4, -0.2) is 0 Å².